The normalized spacial score (nSPS) is 10.0. The van der Waals surface area contributed by atoms with Gasteiger partial charge in [-0.15, -0.1) is 0 Å². The van der Waals surface area contributed by atoms with Gasteiger partial charge in [0, 0.05) is 0 Å². The van der Waals surface area contributed by atoms with E-state index in [2.05, 4.69) is 21.1 Å². The molecule has 0 radical (unpaired) electrons. The fourth-order valence-corrected chi connectivity index (χ4v) is 0.300. The van der Waals surface area contributed by atoms with E-state index in [1.165, 1.54) is 0 Å². The van der Waals surface area contributed by atoms with Crippen molar-refractivity contribution in [2.75, 3.05) is 34.3 Å². The molecule has 0 fully saturated rings. The van der Waals surface area contributed by atoms with Crippen molar-refractivity contribution < 1.29 is 20.1 Å². The van der Waals surface area contributed by atoms with Crippen molar-refractivity contribution in [1.82, 2.24) is 0 Å². The highest BCUT2D eigenvalue weighted by Crippen LogP contribution is 1.84. The van der Waals surface area contributed by atoms with Crippen LogP contribution in [-0.2, 0) is 0 Å². The van der Waals surface area contributed by atoms with E-state index < -0.39 is 0 Å². The van der Waals surface area contributed by atoms with Crippen LogP contribution in [-0.4, -0.2) is 54.4 Å². The Bertz CT molecular complexity index is 50.7. The fourth-order valence-electron chi connectivity index (χ4n) is 0.300. The molecule has 0 aliphatic heterocycles. The third-order valence-electron chi connectivity index (χ3n) is 0.771. The molecule has 0 atom stereocenters. The summed E-state index contributed by atoms with van der Waals surface area (Å²) in [6.45, 7) is 1.11. The van der Waals surface area contributed by atoms with Crippen molar-refractivity contribution in [3.8, 4) is 0 Å². The molecule has 9 heavy (non-hydrogen) atoms. The molecule has 4 heteroatoms. The smallest absolute Gasteiger partial charge is 0.101 e. The summed E-state index contributed by atoms with van der Waals surface area (Å²) in [5.41, 5.74) is 0. The molecule has 0 aromatic heterocycles. The Labute approximate surface area is 55.5 Å². The summed E-state index contributed by atoms with van der Waals surface area (Å²) in [5.74, 6) is 0. The van der Waals surface area contributed by atoms with E-state index >= 15 is 0 Å². The molecule has 0 aromatic carbocycles. The Morgan fingerprint density at radius 1 is 1.11 bits per heavy atom. The molecule has 0 amide bonds. The van der Waals surface area contributed by atoms with Gasteiger partial charge >= 0.3 is 0 Å². The molecule has 0 unspecified atom stereocenters. The molecule has 3 N–H and O–H groups in total. The van der Waals surface area contributed by atoms with Crippen molar-refractivity contribution in [2.24, 2.45) is 0 Å². The van der Waals surface area contributed by atoms with Gasteiger partial charge in [-0.05, 0) is 0 Å². The number of nitrogens with zero attached hydrogens (tertiary/aromatic N) is 1. The molecular weight excluding hydrogens is 122 g/mol. The molecule has 4 nitrogen and oxygen atoms in total. The zero-order chi connectivity index (χ0) is 7.91. The number of quaternary nitrogens is 1. The van der Waals surface area contributed by atoms with E-state index in [9.17, 15) is 0 Å². The van der Waals surface area contributed by atoms with Crippen molar-refractivity contribution in [2.45, 2.75) is 0 Å². The van der Waals surface area contributed by atoms with Crippen LogP contribution in [0.15, 0.2) is 0 Å². The van der Waals surface area contributed by atoms with Gasteiger partial charge in [-0.3, -0.25) is 10.5 Å². The predicted molar refractivity (Wildman–Crippen MR) is 35.2 cm³/mol. The number of hydrogen-bond acceptors (Lipinski definition) is 3. The van der Waals surface area contributed by atoms with Gasteiger partial charge in [-0.1, -0.05) is 0 Å². The van der Waals surface area contributed by atoms with Gasteiger partial charge in [-0.2, -0.15) is 0 Å². The lowest BCUT2D eigenvalue weighted by atomic mass is 10.5. The van der Waals surface area contributed by atoms with E-state index in [0.29, 0.717) is 0 Å². The molecule has 0 saturated heterocycles. The topological polar surface area (TPSA) is 60.7 Å². The lowest BCUT2D eigenvalue weighted by Crippen LogP contribution is -2.36. The van der Waals surface area contributed by atoms with Gasteiger partial charge in [0.2, 0.25) is 0 Å². The van der Waals surface area contributed by atoms with Crippen LogP contribution in [0, 0.1) is 0 Å². The van der Waals surface area contributed by atoms with Crippen LogP contribution in [0.5, 0.6) is 0 Å². The van der Waals surface area contributed by atoms with Crippen LogP contribution < -0.4 is 0 Å². The summed E-state index contributed by atoms with van der Waals surface area (Å²) in [6, 6.07) is 0. The van der Waals surface area contributed by atoms with Crippen LogP contribution in [0.2, 0.25) is 0 Å². The molecule has 0 aliphatic rings. The second-order valence-electron chi connectivity index (χ2n) is 2.74. The summed E-state index contributed by atoms with van der Waals surface area (Å²) in [7, 11) is 6.16. The molecule has 58 valence electrons. The fraction of sp³-hybridized carbons (Fsp3) is 1.00. The van der Waals surface area contributed by atoms with Gasteiger partial charge in [0.25, 0.3) is 0 Å². The van der Waals surface area contributed by atoms with Crippen molar-refractivity contribution >= 4 is 0 Å². The lowest BCUT2D eigenvalue weighted by molar-refractivity contribution is -0.870. The standard InChI is InChI=1S/C5H14NO.H2O2/c1-6(2,3)4-5-7;1-2/h7H,4-5H2,1-3H3;1-2H/q+1;. The maximum Gasteiger partial charge on any atom is 0.101 e. The number of likely N-dealkylation sites (N-methyl/N-ethyl adjacent to an activating group) is 1. The van der Waals surface area contributed by atoms with E-state index in [1.807, 2.05) is 0 Å². The first kappa shape index (κ1) is 11.6. The first-order chi connectivity index (χ1) is 4.06. The maximum atomic E-state index is 8.39. The van der Waals surface area contributed by atoms with Crippen molar-refractivity contribution in [3.05, 3.63) is 0 Å². The molecular formula is C5H16NO3+. The van der Waals surface area contributed by atoms with Crippen molar-refractivity contribution in [3.63, 3.8) is 0 Å². The first-order valence-corrected chi connectivity index (χ1v) is 2.67. The van der Waals surface area contributed by atoms with E-state index in [0.717, 1.165) is 11.0 Å². The predicted octanol–water partition coefficient (Wildman–Crippen LogP) is -0.298. The van der Waals surface area contributed by atoms with Crippen LogP contribution >= 0.6 is 0 Å². The number of rotatable bonds is 2. The SMILES string of the molecule is C[N+](C)(C)CCO.OO. The molecule has 0 heterocycles. The largest absolute Gasteiger partial charge is 0.391 e. The highest BCUT2D eigenvalue weighted by Gasteiger charge is 2.02. The van der Waals surface area contributed by atoms with Crippen LogP contribution in [0.4, 0.5) is 0 Å². The highest BCUT2D eigenvalue weighted by atomic mass is 17.0. The Balaban J connectivity index is 0. The Morgan fingerprint density at radius 3 is 1.44 bits per heavy atom. The second kappa shape index (κ2) is 5.97. The first-order valence-electron chi connectivity index (χ1n) is 2.67. The minimum absolute atomic E-state index is 0.281. The van der Waals surface area contributed by atoms with E-state index in [4.69, 9.17) is 15.6 Å². The monoisotopic (exact) mass is 138 g/mol. The number of hydrogen-bond donors (Lipinski definition) is 3. The van der Waals surface area contributed by atoms with Gasteiger partial charge < -0.3 is 9.59 Å². The molecule has 0 aromatic rings. The average molecular weight is 138 g/mol. The van der Waals surface area contributed by atoms with Gasteiger partial charge in [0.1, 0.15) is 6.54 Å². The van der Waals surface area contributed by atoms with Crippen LogP contribution in [0.3, 0.4) is 0 Å². The Morgan fingerprint density at radius 2 is 1.44 bits per heavy atom. The third kappa shape index (κ3) is 18.1. The third-order valence-corrected chi connectivity index (χ3v) is 0.771. The summed E-state index contributed by atoms with van der Waals surface area (Å²) < 4.78 is 0.844. The van der Waals surface area contributed by atoms with Gasteiger partial charge in [0.05, 0.1) is 27.7 Å². The van der Waals surface area contributed by atoms with Gasteiger partial charge in [-0.25, -0.2) is 0 Å². The van der Waals surface area contributed by atoms with Crippen LogP contribution in [0.1, 0.15) is 0 Å². The van der Waals surface area contributed by atoms with Crippen molar-refractivity contribution in [1.29, 1.82) is 0 Å². The zero-order valence-corrected chi connectivity index (χ0v) is 6.20. The average Bonchev–Trinajstić information content (AvgIpc) is 1.69. The maximum absolute atomic E-state index is 8.39. The summed E-state index contributed by atoms with van der Waals surface area (Å²) in [4.78, 5) is 0. The minimum Gasteiger partial charge on any atom is -0.391 e. The molecule has 0 spiro atoms. The van der Waals surface area contributed by atoms with Gasteiger partial charge in [0.15, 0.2) is 0 Å². The van der Waals surface area contributed by atoms with Crippen LogP contribution in [0.25, 0.3) is 0 Å². The Hall–Kier alpha value is -0.160. The van der Waals surface area contributed by atoms with E-state index in [1.54, 1.807) is 0 Å². The van der Waals surface area contributed by atoms with E-state index in [-0.39, 0.29) is 6.61 Å². The molecule has 0 aliphatic carbocycles. The number of aliphatic hydroxyl groups excluding tert-OH is 1. The summed E-state index contributed by atoms with van der Waals surface area (Å²) in [6.07, 6.45) is 0. The number of aliphatic hydroxyl groups is 1. The zero-order valence-electron chi connectivity index (χ0n) is 6.20. The Kier molecular flexibility index (Phi) is 7.70. The minimum atomic E-state index is 0.281. The second-order valence-corrected chi connectivity index (χ2v) is 2.74. The molecule has 0 bridgehead atoms. The molecule has 0 saturated carbocycles. The quantitative estimate of drug-likeness (QED) is 0.279. The molecule has 0 rings (SSSR count). The summed E-state index contributed by atoms with van der Waals surface area (Å²) in [5, 5.41) is 20.4. The summed E-state index contributed by atoms with van der Waals surface area (Å²) >= 11 is 0. The highest BCUT2D eigenvalue weighted by molar-refractivity contribution is 4.19. The lowest BCUT2D eigenvalue weighted by Gasteiger charge is -2.21.